The Hall–Kier alpha value is -4.64. The number of primary amides is 1. The van der Waals surface area contributed by atoms with Crippen molar-refractivity contribution in [2.75, 3.05) is 6.54 Å². The standard InChI is InChI=1S/C14H26N4O6.C12H18N2O6/c1-8(17-13(23)24-14(2,3)4)10(19)18-9(11(20)21)6-5-7-16-12(15)22;1-7(10(17)18)13(11(19)20-12(2,3)4)14-8(15)5-6-9(14)16/h8-9H,5-7H2,1-4H3,(H,17,23)(H,18,19)(H,20,21)(H3,15,16,22);7H,5-6H2,1-4H3,(H,17,18)/t8-,9-;7-/m00/s1. The molecule has 0 aromatic rings. The first kappa shape index (κ1) is 39.4. The molecule has 0 aromatic carbocycles. The lowest BCUT2D eigenvalue weighted by molar-refractivity contribution is -0.165. The van der Waals surface area contributed by atoms with Gasteiger partial charge in [0.25, 0.3) is 0 Å². The number of nitrogens with zero attached hydrogens (tertiary/aromatic N) is 2. The molecule has 250 valence electrons. The number of carboxylic acid groups (broad SMARTS) is 2. The van der Waals surface area contributed by atoms with Crippen LogP contribution in [0.15, 0.2) is 0 Å². The topological polar surface area (TPSA) is 264 Å². The fourth-order valence-corrected chi connectivity index (χ4v) is 3.25. The molecule has 0 bridgehead atoms. The Morgan fingerprint density at radius 1 is 0.886 bits per heavy atom. The van der Waals surface area contributed by atoms with Gasteiger partial charge >= 0.3 is 30.2 Å². The minimum atomic E-state index is -1.39. The van der Waals surface area contributed by atoms with E-state index in [2.05, 4.69) is 16.0 Å². The number of urea groups is 1. The van der Waals surface area contributed by atoms with Crippen molar-refractivity contribution in [1.82, 2.24) is 26.0 Å². The first-order valence-corrected chi connectivity index (χ1v) is 13.6. The van der Waals surface area contributed by atoms with Gasteiger partial charge in [0.05, 0.1) is 0 Å². The molecule has 7 N–H and O–H groups in total. The summed E-state index contributed by atoms with van der Waals surface area (Å²) in [5.74, 6) is -4.45. The average Bonchev–Trinajstić information content (AvgIpc) is 3.16. The average molecular weight is 633 g/mol. The van der Waals surface area contributed by atoms with Gasteiger partial charge in [-0.15, -0.1) is 0 Å². The van der Waals surface area contributed by atoms with E-state index in [4.69, 9.17) is 25.4 Å². The maximum absolute atomic E-state index is 12.1. The summed E-state index contributed by atoms with van der Waals surface area (Å²) in [5.41, 5.74) is 3.30. The van der Waals surface area contributed by atoms with E-state index in [1.54, 1.807) is 41.5 Å². The Balaban J connectivity index is 0.000000853. The van der Waals surface area contributed by atoms with Crippen LogP contribution in [-0.2, 0) is 33.4 Å². The smallest absolute Gasteiger partial charge is 0.430 e. The van der Waals surface area contributed by atoms with Gasteiger partial charge in [0.15, 0.2) is 6.04 Å². The molecule has 0 unspecified atom stereocenters. The van der Waals surface area contributed by atoms with Gasteiger partial charge in [-0.1, -0.05) is 0 Å². The summed E-state index contributed by atoms with van der Waals surface area (Å²) in [5, 5.41) is 26.2. The second-order valence-electron chi connectivity index (χ2n) is 11.6. The molecule has 7 amide bonds. The number of nitrogens with one attached hydrogen (secondary N) is 3. The van der Waals surface area contributed by atoms with Crippen LogP contribution >= 0.6 is 0 Å². The van der Waals surface area contributed by atoms with E-state index in [0.29, 0.717) is 16.4 Å². The molecule has 1 saturated heterocycles. The molecule has 0 spiro atoms. The number of carboxylic acids is 2. The molecule has 0 radical (unpaired) electrons. The van der Waals surface area contributed by atoms with Crippen LogP contribution in [0.3, 0.4) is 0 Å². The molecule has 1 aliphatic heterocycles. The van der Waals surface area contributed by atoms with E-state index >= 15 is 0 Å². The zero-order chi connectivity index (χ0) is 34.6. The third-order valence-corrected chi connectivity index (χ3v) is 5.26. The Morgan fingerprint density at radius 2 is 1.39 bits per heavy atom. The van der Waals surface area contributed by atoms with Crippen molar-refractivity contribution >= 4 is 47.9 Å². The van der Waals surface area contributed by atoms with Gasteiger partial charge in [0.1, 0.15) is 23.3 Å². The van der Waals surface area contributed by atoms with Gasteiger partial charge in [-0.05, 0) is 68.2 Å². The van der Waals surface area contributed by atoms with Crippen LogP contribution < -0.4 is 21.7 Å². The van der Waals surface area contributed by atoms with E-state index in [9.17, 15) is 38.4 Å². The Kier molecular flexibility index (Phi) is 15.1. The molecule has 0 aromatic heterocycles. The van der Waals surface area contributed by atoms with Gasteiger partial charge < -0.3 is 41.4 Å². The second-order valence-corrected chi connectivity index (χ2v) is 11.6. The number of nitrogens with two attached hydrogens (primary N) is 1. The molecule has 1 fully saturated rings. The maximum Gasteiger partial charge on any atom is 0.430 e. The maximum atomic E-state index is 12.1. The lowest BCUT2D eigenvalue weighted by atomic mass is 10.1. The number of ether oxygens (including phenoxy) is 2. The molecule has 1 heterocycles. The van der Waals surface area contributed by atoms with Crippen molar-refractivity contribution in [3.05, 3.63) is 0 Å². The van der Waals surface area contributed by atoms with Gasteiger partial charge in [-0.2, -0.15) is 10.0 Å². The van der Waals surface area contributed by atoms with Gasteiger partial charge in [0.2, 0.25) is 17.7 Å². The molecule has 0 aliphatic carbocycles. The van der Waals surface area contributed by atoms with Crippen LogP contribution in [-0.4, -0.2) is 104 Å². The van der Waals surface area contributed by atoms with E-state index in [1.807, 2.05) is 0 Å². The lowest BCUT2D eigenvalue weighted by Crippen LogP contribution is -2.57. The fourth-order valence-electron chi connectivity index (χ4n) is 3.25. The summed E-state index contributed by atoms with van der Waals surface area (Å²) < 4.78 is 10.1. The number of alkyl carbamates (subject to hydrolysis) is 1. The molecule has 0 saturated carbocycles. The molecule has 3 atom stereocenters. The minimum Gasteiger partial charge on any atom is -0.480 e. The first-order valence-electron chi connectivity index (χ1n) is 13.6. The van der Waals surface area contributed by atoms with E-state index in [0.717, 1.165) is 0 Å². The van der Waals surface area contributed by atoms with Crippen molar-refractivity contribution in [2.45, 2.75) is 110 Å². The van der Waals surface area contributed by atoms with Crippen molar-refractivity contribution in [3.8, 4) is 0 Å². The lowest BCUT2D eigenvalue weighted by Gasteiger charge is -2.34. The molecular weight excluding hydrogens is 588 g/mol. The quantitative estimate of drug-likeness (QED) is 0.136. The van der Waals surface area contributed by atoms with Crippen LogP contribution in [0.2, 0.25) is 0 Å². The number of hydrogen-bond acceptors (Lipinski definition) is 10. The van der Waals surface area contributed by atoms with Gasteiger partial charge in [-0.25, -0.2) is 24.0 Å². The molecule has 44 heavy (non-hydrogen) atoms. The molecular formula is C26H44N6O12. The number of carbonyl (C=O) groups is 8. The van der Waals surface area contributed by atoms with Crippen molar-refractivity contribution in [3.63, 3.8) is 0 Å². The summed E-state index contributed by atoms with van der Waals surface area (Å²) in [6.07, 6.45) is -1.51. The fraction of sp³-hybridized carbons (Fsp3) is 0.692. The van der Waals surface area contributed by atoms with Crippen LogP contribution in [0.4, 0.5) is 14.4 Å². The summed E-state index contributed by atoms with van der Waals surface area (Å²) in [7, 11) is 0. The summed E-state index contributed by atoms with van der Waals surface area (Å²) >= 11 is 0. The molecule has 1 rings (SSSR count). The Labute approximate surface area is 254 Å². The SMILES string of the molecule is C[C@@H](C(=O)O)N(C(=O)OC(C)(C)C)N1C(=O)CCC1=O.C[C@H](NC(=O)OC(C)(C)C)C(=O)N[C@@H](CCCNC(N)=O)C(=O)O. The third-order valence-electron chi connectivity index (χ3n) is 5.26. The normalized spacial score (nSPS) is 15.0. The highest BCUT2D eigenvalue weighted by Gasteiger charge is 2.43. The van der Waals surface area contributed by atoms with Crippen molar-refractivity contribution < 1.29 is 58.0 Å². The molecule has 18 nitrogen and oxygen atoms in total. The number of imide groups is 1. The largest absolute Gasteiger partial charge is 0.480 e. The van der Waals surface area contributed by atoms with Crippen molar-refractivity contribution in [1.29, 1.82) is 0 Å². The minimum absolute atomic E-state index is 0.0511. The second kappa shape index (κ2) is 16.9. The summed E-state index contributed by atoms with van der Waals surface area (Å²) in [6.45, 7) is 12.6. The zero-order valence-electron chi connectivity index (χ0n) is 26.2. The van der Waals surface area contributed by atoms with Crippen molar-refractivity contribution in [2.24, 2.45) is 5.73 Å². The summed E-state index contributed by atoms with van der Waals surface area (Å²) in [4.78, 5) is 91.8. The first-order chi connectivity index (χ1) is 20.0. The number of aliphatic carboxylic acids is 2. The Morgan fingerprint density at radius 3 is 1.80 bits per heavy atom. The monoisotopic (exact) mass is 632 g/mol. The van der Waals surface area contributed by atoms with E-state index in [1.165, 1.54) is 13.8 Å². The van der Waals surface area contributed by atoms with Crippen LogP contribution in [0, 0.1) is 0 Å². The number of rotatable bonds is 11. The number of hydrogen-bond donors (Lipinski definition) is 6. The number of hydrazine groups is 1. The predicted molar refractivity (Wildman–Crippen MR) is 151 cm³/mol. The van der Waals surface area contributed by atoms with Gasteiger partial charge in [-0.3, -0.25) is 14.4 Å². The summed E-state index contributed by atoms with van der Waals surface area (Å²) in [6, 6.07) is -4.21. The van der Waals surface area contributed by atoms with Gasteiger partial charge in [0, 0.05) is 19.4 Å². The van der Waals surface area contributed by atoms with Crippen LogP contribution in [0.5, 0.6) is 0 Å². The Bertz CT molecular complexity index is 1080. The predicted octanol–water partition coefficient (Wildman–Crippen LogP) is 0.678. The van der Waals surface area contributed by atoms with E-state index in [-0.39, 0.29) is 25.8 Å². The molecule has 1 aliphatic rings. The molecule has 18 heteroatoms. The number of amides is 7. The highest BCUT2D eigenvalue weighted by Crippen LogP contribution is 2.21. The number of carbonyl (C=O) groups excluding carboxylic acids is 6. The third kappa shape index (κ3) is 15.0. The van der Waals surface area contributed by atoms with E-state index < -0.39 is 77.2 Å². The highest BCUT2D eigenvalue weighted by molar-refractivity contribution is 6.03. The highest BCUT2D eigenvalue weighted by atomic mass is 16.6. The van der Waals surface area contributed by atoms with Crippen LogP contribution in [0.1, 0.15) is 81.1 Å². The van der Waals surface area contributed by atoms with Crippen LogP contribution in [0.25, 0.3) is 0 Å². The zero-order valence-corrected chi connectivity index (χ0v) is 26.2.